The summed E-state index contributed by atoms with van der Waals surface area (Å²) in [5.41, 5.74) is 1.05. The van der Waals surface area contributed by atoms with E-state index in [1.807, 2.05) is 7.05 Å². The average molecular weight is 329 g/mol. The fourth-order valence-corrected chi connectivity index (χ4v) is 5.57. The van der Waals surface area contributed by atoms with Crippen LogP contribution in [0.25, 0.3) is 0 Å². The van der Waals surface area contributed by atoms with E-state index in [0.717, 1.165) is 31.6 Å². The molecule has 2 unspecified atom stereocenters. The van der Waals surface area contributed by atoms with Crippen molar-refractivity contribution in [2.75, 3.05) is 32.4 Å². The highest BCUT2D eigenvalue weighted by Crippen LogP contribution is 2.39. The molecule has 3 rings (SSSR count). The average Bonchev–Trinajstić information content (AvgIpc) is 2.92. The standard InChI is InChI=1S/C15H21ClN2O2S/c1-15(5-6-17-9-15)10-18(2)13-8-21(19,20)14-4-3-11(16)7-12(13)14/h3-4,7,13,17H,5-6,8-10H2,1-2H3. The number of sulfone groups is 1. The Labute approximate surface area is 131 Å². The second-order valence-electron chi connectivity index (χ2n) is 6.63. The van der Waals surface area contributed by atoms with Crippen LogP contribution in [0, 0.1) is 5.41 Å². The molecule has 0 bridgehead atoms. The van der Waals surface area contributed by atoms with Crippen molar-refractivity contribution < 1.29 is 8.42 Å². The molecule has 0 aromatic heterocycles. The van der Waals surface area contributed by atoms with Crippen LogP contribution in [0.4, 0.5) is 0 Å². The molecule has 0 amide bonds. The Morgan fingerprint density at radius 2 is 2.24 bits per heavy atom. The molecule has 1 aromatic carbocycles. The van der Waals surface area contributed by atoms with Crippen LogP contribution in [0.2, 0.25) is 5.02 Å². The second kappa shape index (κ2) is 5.23. The van der Waals surface area contributed by atoms with Crippen LogP contribution in [0.1, 0.15) is 24.9 Å². The van der Waals surface area contributed by atoms with Gasteiger partial charge < -0.3 is 5.32 Å². The van der Waals surface area contributed by atoms with Gasteiger partial charge in [-0.25, -0.2) is 8.42 Å². The first-order valence-corrected chi connectivity index (χ1v) is 9.27. The van der Waals surface area contributed by atoms with Crippen LogP contribution in [-0.2, 0) is 9.84 Å². The molecule has 2 aliphatic rings. The predicted octanol–water partition coefficient (Wildman–Crippen LogP) is 2.10. The maximum atomic E-state index is 12.3. The summed E-state index contributed by atoms with van der Waals surface area (Å²) in [5, 5.41) is 3.98. The van der Waals surface area contributed by atoms with Crippen molar-refractivity contribution in [3.05, 3.63) is 28.8 Å². The molecule has 2 atom stereocenters. The van der Waals surface area contributed by atoms with Crippen molar-refractivity contribution in [1.29, 1.82) is 0 Å². The number of hydrogen-bond donors (Lipinski definition) is 1. The number of fused-ring (bicyclic) bond motifs is 1. The summed E-state index contributed by atoms with van der Waals surface area (Å²) in [6.45, 7) is 5.16. The van der Waals surface area contributed by atoms with Gasteiger partial charge in [0.25, 0.3) is 0 Å². The van der Waals surface area contributed by atoms with Gasteiger partial charge in [0.15, 0.2) is 9.84 Å². The fraction of sp³-hybridized carbons (Fsp3) is 0.600. The number of rotatable bonds is 3. The van der Waals surface area contributed by atoms with Gasteiger partial charge in [-0.2, -0.15) is 0 Å². The van der Waals surface area contributed by atoms with E-state index in [9.17, 15) is 8.42 Å². The zero-order valence-electron chi connectivity index (χ0n) is 12.4. The lowest BCUT2D eigenvalue weighted by Crippen LogP contribution is -2.37. The highest BCUT2D eigenvalue weighted by molar-refractivity contribution is 7.91. The SMILES string of the molecule is CN(CC1(C)CCNC1)C1CS(=O)(=O)c2ccc(Cl)cc21. The Morgan fingerprint density at radius 1 is 1.48 bits per heavy atom. The predicted molar refractivity (Wildman–Crippen MR) is 84.5 cm³/mol. The molecule has 21 heavy (non-hydrogen) atoms. The summed E-state index contributed by atoms with van der Waals surface area (Å²) in [7, 11) is -1.17. The summed E-state index contributed by atoms with van der Waals surface area (Å²) < 4.78 is 24.6. The minimum atomic E-state index is -3.19. The van der Waals surface area contributed by atoms with Gasteiger partial charge in [0.05, 0.1) is 16.7 Å². The Bertz CT molecular complexity index is 654. The molecule has 116 valence electrons. The van der Waals surface area contributed by atoms with Crippen molar-refractivity contribution in [3.63, 3.8) is 0 Å². The quantitative estimate of drug-likeness (QED) is 0.923. The van der Waals surface area contributed by atoms with Gasteiger partial charge in [-0.15, -0.1) is 0 Å². The fourth-order valence-electron chi connectivity index (χ4n) is 3.53. The van der Waals surface area contributed by atoms with Gasteiger partial charge in [-0.3, -0.25) is 4.90 Å². The second-order valence-corrected chi connectivity index (χ2v) is 9.07. The Hall–Kier alpha value is -0.620. The Balaban J connectivity index is 1.89. The largest absolute Gasteiger partial charge is 0.316 e. The van der Waals surface area contributed by atoms with Crippen LogP contribution in [0.3, 0.4) is 0 Å². The molecule has 2 heterocycles. The lowest BCUT2D eigenvalue weighted by atomic mass is 9.88. The first-order valence-electron chi connectivity index (χ1n) is 7.24. The molecule has 1 N–H and O–H groups in total. The molecular formula is C15H21ClN2O2S. The molecular weight excluding hydrogens is 308 g/mol. The zero-order chi connectivity index (χ0) is 15.3. The summed E-state index contributed by atoms with van der Waals surface area (Å²) >= 11 is 6.06. The van der Waals surface area contributed by atoms with Gasteiger partial charge in [0.2, 0.25) is 0 Å². The van der Waals surface area contributed by atoms with Gasteiger partial charge >= 0.3 is 0 Å². The summed E-state index contributed by atoms with van der Waals surface area (Å²) in [5.74, 6) is 0.155. The topological polar surface area (TPSA) is 49.4 Å². The van der Waals surface area contributed by atoms with E-state index < -0.39 is 9.84 Å². The molecule has 2 aliphatic heterocycles. The number of benzene rings is 1. The normalized spacial score (nSPS) is 30.8. The molecule has 0 aliphatic carbocycles. The van der Waals surface area contributed by atoms with Gasteiger partial charge in [-0.1, -0.05) is 18.5 Å². The van der Waals surface area contributed by atoms with Gasteiger partial charge in [0, 0.05) is 18.1 Å². The van der Waals surface area contributed by atoms with E-state index >= 15 is 0 Å². The molecule has 1 saturated heterocycles. The van der Waals surface area contributed by atoms with Crippen LogP contribution in [0.15, 0.2) is 23.1 Å². The number of nitrogens with zero attached hydrogens (tertiary/aromatic N) is 1. The third kappa shape index (κ3) is 2.84. The lowest BCUT2D eigenvalue weighted by Gasteiger charge is -2.33. The summed E-state index contributed by atoms with van der Waals surface area (Å²) in [4.78, 5) is 2.62. The maximum absolute atomic E-state index is 12.3. The van der Waals surface area contributed by atoms with Crippen molar-refractivity contribution in [1.82, 2.24) is 10.2 Å². The minimum Gasteiger partial charge on any atom is -0.316 e. The van der Waals surface area contributed by atoms with Crippen molar-refractivity contribution in [2.45, 2.75) is 24.3 Å². The van der Waals surface area contributed by atoms with E-state index in [1.54, 1.807) is 18.2 Å². The van der Waals surface area contributed by atoms with E-state index in [-0.39, 0.29) is 17.2 Å². The smallest absolute Gasteiger partial charge is 0.180 e. The van der Waals surface area contributed by atoms with E-state index in [0.29, 0.717) is 9.92 Å². The summed E-state index contributed by atoms with van der Waals surface area (Å²) in [6.07, 6.45) is 1.12. The van der Waals surface area contributed by atoms with Crippen LogP contribution in [0.5, 0.6) is 0 Å². The van der Waals surface area contributed by atoms with Crippen molar-refractivity contribution in [2.24, 2.45) is 5.41 Å². The highest BCUT2D eigenvalue weighted by Gasteiger charge is 2.39. The number of nitrogens with one attached hydrogen (secondary N) is 1. The molecule has 1 aromatic rings. The van der Waals surface area contributed by atoms with E-state index in [2.05, 4.69) is 17.1 Å². The lowest BCUT2D eigenvalue weighted by molar-refractivity contribution is 0.171. The molecule has 6 heteroatoms. The minimum absolute atomic E-state index is 0.0962. The molecule has 0 radical (unpaired) electrons. The number of halogens is 1. The maximum Gasteiger partial charge on any atom is 0.180 e. The molecule has 0 saturated carbocycles. The van der Waals surface area contributed by atoms with Crippen molar-refractivity contribution in [3.8, 4) is 0 Å². The number of hydrogen-bond acceptors (Lipinski definition) is 4. The van der Waals surface area contributed by atoms with E-state index in [1.165, 1.54) is 0 Å². The Kier molecular flexibility index (Phi) is 3.81. The highest BCUT2D eigenvalue weighted by atomic mass is 35.5. The van der Waals surface area contributed by atoms with Crippen LogP contribution < -0.4 is 5.32 Å². The van der Waals surface area contributed by atoms with Gasteiger partial charge in [-0.05, 0) is 49.2 Å². The third-order valence-corrected chi connectivity index (χ3v) is 6.70. The molecule has 4 nitrogen and oxygen atoms in total. The van der Waals surface area contributed by atoms with Gasteiger partial charge in [0.1, 0.15) is 0 Å². The monoisotopic (exact) mass is 328 g/mol. The third-order valence-electron chi connectivity index (χ3n) is 4.66. The Morgan fingerprint density at radius 3 is 2.90 bits per heavy atom. The van der Waals surface area contributed by atoms with E-state index in [4.69, 9.17) is 11.6 Å². The van der Waals surface area contributed by atoms with Crippen molar-refractivity contribution >= 4 is 21.4 Å². The summed E-state index contributed by atoms with van der Waals surface area (Å²) in [6, 6.07) is 5.00. The van der Waals surface area contributed by atoms with Crippen LogP contribution >= 0.6 is 11.6 Å². The molecule has 1 fully saturated rings. The first kappa shape index (κ1) is 15.3. The van der Waals surface area contributed by atoms with Crippen LogP contribution in [-0.4, -0.2) is 45.8 Å². The first-order chi connectivity index (χ1) is 9.81. The molecule has 0 spiro atoms. The zero-order valence-corrected chi connectivity index (χ0v) is 14.0.